The largest absolute Gasteiger partial charge is 0.459 e. The molecule has 146 valence electrons. The lowest BCUT2D eigenvalue weighted by Gasteiger charge is -2.34. The van der Waals surface area contributed by atoms with E-state index in [4.69, 9.17) is 4.74 Å². The third-order valence-corrected chi connectivity index (χ3v) is 5.43. The number of anilines is 1. The Hall–Kier alpha value is -1.92. The second-order valence-electron chi connectivity index (χ2n) is 8.02. The van der Waals surface area contributed by atoms with Crippen LogP contribution in [0.5, 0.6) is 0 Å². The molecule has 0 amide bonds. The molecule has 1 aliphatic heterocycles. The van der Waals surface area contributed by atoms with Crippen molar-refractivity contribution in [2.75, 3.05) is 18.0 Å². The van der Waals surface area contributed by atoms with E-state index in [1.54, 1.807) is 11.3 Å². The molecule has 0 saturated carbocycles. The number of nitrogens with one attached hydrogen (secondary N) is 1. The van der Waals surface area contributed by atoms with E-state index in [0.29, 0.717) is 12.5 Å². The number of hydrogen-bond acceptors (Lipinski definition) is 6. The van der Waals surface area contributed by atoms with Gasteiger partial charge in [0.15, 0.2) is 5.13 Å². The fraction of sp³-hybridized carbons (Fsp3) is 0.524. The van der Waals surface area contributed by atoms with Crippen LogP contribution in [0.4, 0.5) is 5.13 Å². The molecule has 3 rings (SSSR count). The lowest BCUT2D eigenvalue weighted by Crippen LogP contribution is -2.51. The van der Waals surface area contributed by atoms with E-state index in [2.05, 4.69) is 27.3 Å². The molecule has 2 heterocycles. The summed E-state index contributed by atoms with van der Waals surface area (Å²) in [5, 5.41) is 6.67. The summed E-state index contributed by atoms with van der Waals surface area (Å²) in [4.78, 5) is 19.5. The highest BCUT2D eigenvalue weighted by Gasteiger charge is 2.29. The second-order valence-corrected chi connectivity index (χ2v) is 8.89. The molecule has 6 heteroatoms. The third-order valence-electron chi connectivity index (χ3n) is 4.60. The zero-order valence-corrected chi connectivity index (χ0v) is 17.2. The lowest BCUT2D eigenvalue weighted by molar-refractivity contribution is -0.157. The third kappa shape index (κ3) is 6.04. The average Bonchev–Trinajstić information content (AvgIpc) is 3.16. The van der Waals surface area contributed by atoms with Crippen molar-refractivity contribution in [3.63, 3.8) is 0 Å². The highest BCUT2D eigenvalue weighted by atomic mass is 32.1. The van der Waals surface area contributed by atoms with Gasteiger partial charge in [-0.15, -0.1) is 11.3 Å². The van der Waals surface area contributed by atoms with Gasteiger partial charge in [-0.05, 0) is 45.6 Å². The van der Waals surface area contributed by atoms with Crippen molar-refractivity contribution in [1.29, 1.82) is 0 Å². The van der Waals surface area contributed by atoms with Crippen LogP contribution in [0.3, 0.4) is 0 Å². The topological polar surface area (TPSA) is 54.5 Å². The second kappa shape index (κ2) is 8.85. The summed E-state index contributed by atoms with van der Waals surface area (Å²) < 4.78 is 5.67. The van der Waals surface area contributed by atoms with Crippen LogP contribution in [0.25, 0.3) is 0 Å². The summed E-state index contributed by atoms with van der Waals surface area (Å²) in [6.07, 6.45) is 4.48. The van der Waals surface area contributed by atoms with Gasteiger partial charge in [0.1, 0.15) is 11.6 Å². The standard InChI is InChI=1S/C21H29N3O2S/c1-21(2,3)26-19(25)18(15-16-7-5-4-6-8-16)23-17-9-12-24(13-10-17)20-22-11-14-27-20/h4-8,11,14,17-18,23H,9-10,12-13,15H2,1-3H3/t18-/m0/s1. The van der Waals surface area contributed by atoms with E-state index in [1.807, 2.05) is 50.5 Å². The van der Waals surface area contributed by atoms with Crippen LogP contribution in [-0.2, 0) is 16.0 Å². The number of thiazole rings is 1. The quantitative estimate of drug-likeness (QED) is 0.767. The van der Waals surface area contributed by atoms with Gasteiger partial charge in [-0.2, -0.15) is 0 Å². The van der Waals surface area contributed by atoms with E-state index >= 15 is 0 Å². The summed E-state index contributed by atoms with van der Waals surface area (Å²) in [5.41, 5.74) is 0.656. The van der Waals surface area contributed by atoms with Crippen molar-refractivity contribution >= 4 is 22.4 Å². The van der Waals surface area contributed by atoms with Gasteiger partial charge in [0.2, 0.25) is 0 Å². The number of hydrogen-bond donors (Lipinski definition) is 1. The molecule has 1 aliphatic rings. The molecule has 1 fully saturated rings. The summed E-state index contributed by atoms with van der Waals surface area (Å²) in [6.45, 7) is 7.65. The first-order valence-electron chi connectivity index (χ1n) is 9.58. The minimum absolute atomic E-state index is 0.172. The maximum Gasteiger partial charge on any atom is 0.324 e. The van der Waals surface area contributed by atoms with E-state index in [1.165, 1.54) is 0 Å². The highest BCUT2D eigenvalue weighted by molar-refractivity contribution is 7.13. The van der Waals surface area contributed by atoms with Crippen LogP contribution in [0.1, 0.15) is 39.2 Å². The number of ether oxygens (including phenoxy) is 1. The van der Waals surface area contributed by atoms with Gasteiger partial charge in [-0.25, -0.2) is 4.98 Å². The average molecular weight is 388 g/mol. The Morgan fingerprint density at radius 3 is 2.59 bits per heavy atom. The molecule has 1 aromatic heterocycles. The fourth-order valence-corrected chi connectivity index (χ4v) is 4.02. The van der Waals surface area contributed by atoms with Crippen molar-refractivity contribution in [1.82, 2.24) is 10.3 Å². The number of nitrogens with zero attached hydrogens (tertiary/aromatic N) is 2. The number of carbonyl (C=O) groups excluding carboxylic acids is 1. The van der Waals surface area contributed by atoms with Crippen molar-refractivity contribution in [2.45, 2.75) is 57.7 Å². The molecule has 5 nitrogen and oxygen atoms in total. The minimum atomic E-state index is -0.484. The van der Waals surface area contributed by atoms with E-state index in [0.717, 1.165) is 36.6 Å². The fourth-order valence-electron chi connectivity index (χ4n) is 3.33. The molecular weight excluding hydrogens is 358 g/mol. The van der Waals surface area contributed by atoms with Gasteiger partial charge >= 0.3 is 5.97 Å². The van der Waals surface area contributed by atoms with Crippen molar-refractivity contribution in [3.8, 4) is 0 Å². The molecule has 27 heavy (non-hydrogen) atoms. The van der Waals surface area contributed by atoms with Crippen LogP contribution in [0.15, 0.2) is 41.9 Å². The lowest BCUT2D eigenvalue weighted by atomic mass is 10.0. The molecule has 0 aliphatic carbocycles. The summed E-state index contributed by atoms with van der Waals surface area (Å²) >= 11 is 1.68. The molecule has 0 radical (unpaired) electrons. The van der Waals surface area contributed by atoms with E-state index < -0.39 is 5.60 Å². The van der Waals surface area contributed by atoms with Crippen molar-refractivity contribution < 1.29 is 9.53 Å². The van der Waals surface area contributed by atoms with Crippen LogP contribution < -0.4 is 10.2 Å². The van der Waals surface area contributed by atoms with Gasteiger partial charge in [-0.1, -0.05) is 30.3 Å². The number of benzene rings is 1. The number of aromatic nitrogens is 1. The minimum Gasteiger partial charge on any atom is -0.459 e. The van der Waals surface area contributed by atoms with Crippen LogP contribution in [-0.4, -0.2) is 41.7 Å². The molecule has 2 aromatic rings. The Balaban J connectivity index is 1.61. The molecule has 0 spiro atoms. The first-order chi connectivity index (χ1) is 12.9. The Bertz CT molecular complexity index is 705. The number of rotatable bonds is 6. The predicted molar refractivity (Wildman–Crippen MR) is 110 cm³/mol. The normalized spacial score (nSPS) is 16.9. The maximum atomic E-state index is 12.8. The van der Waals surface area contributed by atoms with Gasteiger partial charge in [-0.3, -0.25) is 4.79 Å². The van der Waals surface area contributed by atoms with Crippen molar-refractivity contribution in [2.24, 2.45) is 0 Å². The Morgan fingerprint density at radius 2 is 2.00 bits per heavy atom. The summed E-state index contributed by atoms with van der Waals surface area (Å²) in [5.74, 6) is -0.172. The van der Waals surface area contributed by atoms with Crippen molar-refractivity contribution in [3.05, 3.63) is 47.5 Å². The summed E-state index contributed by atoms with van der Waals surface area (Å²) in [7, 11) is 0. The van der Waals surface area contributed by atoms with Crippen LogP contribution in [0.2, 0.25) is 0 Å². The number of piperidine rings is 1. The zero-order valence-electron chi connectivity index (χ0n) is 16.4. The molecular formula is C21H29N3O2S. The van der Waals surface area contributed by atoms with E-state index in [-0.39, 0.29) is 12.0 Å². The molecule has 1 N–H and O–H groups in total. The Labute approximate surface area is 165 Å². The molecule has 1 atom stereocenters. The monoisotopic (exact) mass is 387 g/mol. The molecule has 0 unspecified atom stereocenters. The number of carbonyl (C=O) groups is 1. The highest BCUT2D eigenvalue weighted by Crippen LogP contribution is 2.22. The SMILES string of the molecule is CC(C)(C)OC(=O)[C@H](Cc1ccccc1)NC1CCN(c2nccs2)CC1. The van der Waals surface area contributed by atoms with Gasteiger partial charge in [0.05, 0.1) is 0 Å². The maximum absolute atomic E-state index is 12.8. The molecule has 1 saturated heterocycles. The zero-order chi connectivity index (χ0) is 19.3. The first-order valence-corrected chi connectivity index (χ1v) is 10.5. The molecule has 1 aromatic carbocycles. The summed E-state index contributed by atoms with van der Waals surface area (Å²) in [6, 6.07) is 10.1. The van der Waals surface area contributed by atoms with Gasteiger partial charge < -0.3 is 15.0 Å². The van der Waals surface area contributed by atoms with Crippen LogP contribution >= 0.6 is 11.3 Å². The first kappa shape index (κ1) is 19.8. The Kier molecular flexibility index (Phi) is 6.50. The van der Waals surface area contributed by atoms with E-state index in [9.17, 15) is 4.79 Å². The Morgan fingerprint density at radius 1 is 1.30 bits per heavy atom. The van der Waals surface area contributed by atoms with Gasteiger partial charge in [0.25, 0.3) is 0 Å². The van der Waals surface area contributed by atoms with Crippen LogP contribution in [0, 0.1) is 0 Å². The van der Waals surface area contributed by atoms with Gasteiger partial charge in [0, 0.05) is 30.7 Å². The predicted octanol–water partition coefficient (Wildman–Crippen LogP) is 3.65. The number of esters is 1. The smallest absolute Gasteiger partial charge is 0.324 e. The molecule has 0 bridgehead atoms.